The molecule has 1 unspecified atom stereocenters. The number of carbonyl (C=O) groups excluding carboxylic acids is 1. The second kappa shape index (κ2) is 5.22. The average Bonchev–Trinajstić information content (AvgIpc) is 3.03. The zero-order valence-electron chi connectivity index (χ0n) is 11.2. The topological polar surface area (TPSA) is 53.7 Å². The van der Waals surface area contributed by atoms with Crippen LogP contribution in [0, 0.1) is 6.92 Å². The molecule has 1 saturated heterocycles. The normalized spacial score (nSPS) is 18.9. The number of aliphatic hydroxyl groups is 1. The summed E-state index contributed by atoms with van der Waals surface area (Å²) in [6.07, 6.45) is 1.79. The van der Waals surface area contributed by atoms with Gasteiger partial charge < -0.3 is 14.4 Å². The van der Waals surface area contributed by atoms with Gasteiger partial charge in [0.25, 0.3) is 5.91 Å². The van der Waals surface area contributed by atoms with Crippen LogP contribution >= 0.6 is 15.9 Å². The molecule has 1 aromatic heterocycles. The van der Waals surface area contributed by atoms with E-state index >= 15 is 0 Å². The summed E-state index contributed by atoms with van der Waals surface area (Å²) in [7, 11) is 0. The smallest absolute Gasteiger partial charge is 0.290 e. The van der Waals surface area contributed by atoms with Crippen molar-refractivity contribution in [3.05, 3.63) is 34.0 Å². The Kier molecular flexibility index (Phi) is 3.56. The van der Waals surface area contributed by atoms with E-state index in [0.717, 1.165) is 28.3 Å². The highest BCUT2D eigenvalue weighted by molar-refractivity contribution is 9.10. The van der Waals surface area contributed by atoms with Crippen molar-refractivity contribution in [3.63, 3.8) is 0 Å². The number of halogens is 1. The van der Waals surface area contributed by atoms with Gasteiger partial charge in [0.1, 0.15) is 5.58 Å². The van der Waals surface area contributed by atoms with Crippen LogP contribution < -0.4 is 0 Å². The number of amides is 1. The first-order chi connectivity index (χ1) is 9.61. The van der Waals surface area contributed by atoms with Crippen molar-refractivity contribution >= 4 is 32.8 Å². The highest BCUT2D eigenvalue weighted by Crippen LogP contribution is 2.30. The first kappa shape index (κ1) is 13.6. The molecule has 0 bridgehead atoms. The summed E-state index contributed by atoms with van der Waals surface area (Å²) in [5.74, 6) is 0.268. The molecule has 4 nitrogen and oxygen atoms in total. The Bertz CT molecular complexity index is 664. The number of hydrogen-bond donors (Lipinski definition) is 1. The molecular weight excluding hydrogens is 322 g/mol. The number of rotatable bonds is 2. The van der Waals surface area contributed by atoms with Crippen molar-refractivity contribution in [3.8, 4) is 0 Å². The molecule has 106 valence electrons. The molecule has 1 aliphatic rings. The molecule has 2 aromatic rings. The van der Waals surface area contributed by atoms with Crippen LogP contribution in [0.5, 0.6) is 0 Å². The van der Waals surface area contributed by atoms with Gasteiger partial charge in [0, 0.05) is 22.0 Å². The largest absolute Gasteiger partial charge is 0.451 e. The third-order valence-electron chi connectivity index (χ3n) is 3.94. The Morgan fingerprint density at radius 2 is 2.35 bits per heavy atom. The second-order valence-electron chi connectivity index (χ2n) is 5.17. The number of furan rings is 1. The van der Waals surface area contributed by atoms with Crippen LogP contribution in [0.4, 0.5) is 0 Å². The van der Waals surface area contributed by atoms with Gasteiger partial charge in [-0.2, -0.15) is 0 Å². The molecule has 20 heavy (non-hydrogen) atoms. The molecular formula is C15H16BrNO3. The number of hydrogen-bond acceptors (Lipinski definition) is 3. The molecule has 1 atom stereocenters. The molecule has 5 heteroatoms. The zero-order chi connectivity index (χ0) is 14.3. The summed E-state index contributed by atoms with van der Waals surface area (Å²) in [5, 5.41) is 10.3. The minimum Gasteiger partial charge on any atom is -0.451 e. The summed E-state index contributed by atoms with van der Waals surface area (Å²) in [6.45, 7) is 2.59. The molecule has 1 fully saturated rings. The molecule has 0 radical (unpaired) electrons. The maximum absolute atomic E-state index is 12.6. The van der Waals surface area contributed by atoms with Crippen LogP contribution in [0.15, 0.2) is 27.1 Å². The number of benzene rings is 1. The maximum atomic E-state index is 12.6. The third-order valence-corrected chi connectivity index (χ3v) is 4.43. The molecule has 3 rings (SSSR count). The van der Waals surface area contributed by atoms with Crippen molar-refractivity contribution in [2.24, 2.45) is 0 Å². The van der Waals surface area contributed by atoms with Crippen molar-refractivity contribution in [2.75, 3.05) is 13.2 Å². The fourth-order valence-corrected chi connectivity index (χ4v) is 3.18. The molecule has 1 N–H and O–H groups in total. The lowest BCUT2D eigenvalue weighted by Crippen LogP contribution is -2.37. The van der Waals surface area contributed by atoms with Crippen LogP contribution in [0.3, 0.4) is 0 Å². The van der Waals surface area contributed by atoms with E-state index in [1.165, 1.54) is 0 Å². The van der Waals surface area contributed by atoms with Gasteiger partial charge in [0.15, 0.2) is 5.76 Å². The third kappa shape index (κ3) is 2.15. The number of nitrogens with zero attached hydrogens (tertiary/aromatic N) is 1. The highest BCUT2D eigenvalue weighted by Gasteiger charge is 2.31. The van der Waals surface area contributed by atoms with E-state index in [0.29, 0.717) is 17.9 Å². The quantitative estimate of drug-likeness (QED) is 0.916. The minimum atomic E-state index is -0.119. The summed E-state index contributed by atoms with van der Waals surface area (Å²) in [5.41, 5.74) is 1.57. The second-order valence-corrected chi connectivity index (χ2v) is 6.09. The molecule has 0 saturated carbocycles. The van der Waals surface area contributed by atoms with Gasteiger partial charge in [-0.05, 0) is 38.0 Å². The Morgan fingerprint density at radius 1 is 1.55 bits per heavy atom. The highest BCUT2D eigenvalue weighted by atomic mass is 79.9. The van der Waals surface area contributed by atoms with E-state index in [4.69, 9.17) is 4.42 Å². The van der Waals surface area contributed by atoms with Crippen LogP contribution in [0.1, 0.15) is 29.0 Å². The molecule has 0 spiro atoms. The van der Waals surface area contributed by atoms with Crippen molar-refractivity contribution in [1.82, 2.24) is 4.90 Å². The van der Waals surface area contributed by atoms with Crippen LogP contribution in [-0.4, -0.2) is 35.1 Å². The van der Waals surface area contributed by atoms with E-state index in [1.807, 2.05) is 25.1 Å². The standard InChI is InChI=1S/C15H16BrNO3/c1-9-12-7-10(16)4-5-13(12)20-14(9)15(19)17-6-2-3-11(17)8-18/h4-5,7,11,18H,2-3,6,8H2,1H3. The predicted molar refractivity (Wildman–Crippen MR) is 79.8 cm³/mol. The summed E-state index contributed by atoms with van der Waals surface area (Å²) < 4.78 is 6.69. The number of aryl methyl sites for hydroxylation is 1. The van der Waals surface area contributed by atoms with E-state index in [-0.39, 0.29) is 18.6 Å². The van der Waals surface area contributed by atoms with Gasteiger partial charge in [-0.1, -0.05) is 15.9 Å². The molecule has 1 amide bonds. The molecule has 1 aromatic carbocycles. The van der Waals surface area contributed by atoms with E-state index < -0.39 is 0 Å². The number of aliphatic hydroxyl groups excluding tert-OH is 1. The van der Waals surface area contributed by atoms with E-state index in [9.17, 15) is 9.90 Å². The van der Waals surface area contributed by atoms with Crippen molar-refractivity contribution in [1.29, 1.82) is 0 Å². The first-order valence-corrected chi connectivity index (χ1v) is 7.51. The van der Waals surface area contributed by atoms with Crippen molar-refractivity contribution in [2.45, 2.75) is 25.8 Å². The van der Waals surface area contributed by atoms with Gasteiger partial charge in [-0.15, -0.1) is 0 Å². The lowest BCUT2D eigenvalue weighted by Gasteiger charge is -2.22. The Hall–Kier alpha value is -1.33. The van der Waals surface area contributed by atoms with Gasteiger partial charge in [-0.25, -0.2) is 0 Å². The lowest BCUT2D eigenvalue weighted by atomic mass is 10.1. The van der Waals surface area contributed by atoms with E-state index in [1.54, 1.807) is 4.90 Å². The first-order valence-electron chi connectivity index (χ1n) is 6.72. The summed E-state index contributed by atoms with van der Waals surface area (Å²) in [4.78, 5) is 14.3. The minimum absolute atomic E-state index is 0.0105. The Balaban J connectivity index is 2.01. The molecule has 1 aliphatic heterocycles. The fraction of sp³-hybridized carbons (Fsp3) is 0.400. The number of fused-ring (bicyclic) bond motifs is 1. The summed E-state index contributed by atoms with van der Waals surface area (Å²) >= 11 is 3.43. The van der Waals surface area contributed by atoms with Gasteiger partial charge in [-0.3, -0.25) is 4.79 Å². The fourth-order valence-electron chi connectivity index (χ4n) is 2.82. The average molecular weight is 338 g/mol. The molecule has 0 aliphatic carbocycles. The zero-order valence-corrected chi connectivity index (χ0v) is 12.8. The lowest BCUT2D eigenvalue weighted by molar-refractivity contribution is 0.0647. The van der Waals surface area contributed by atoms with Crippen LogP contribution in [-0.2, 0) is 0 Å². The molecule has 2 heterocycles. The van der Waals surface area contributed by atoms with Crippen LogP contribution in [0.2, 0.25) is 0 Å². The summed E-state index contributed by atoms with van der Waals surface area (Å²) in [6, 6.07) is 5.63. The number of likely N-dealkylation sites (tertiary alicyclic amines) is 1. The van der Waals surface area contributed by atoms with Crippen LogP contribution in [0.25, 0.3) is 11.0 Å². The predicted octanol–water partition coefficient (Wildman–Crippen LogP) is 3.10. The Labute approximate surface area is 125 Å². The Morgan fingerprint density at radius 3 is 3.10 bits per heavy atom. The number of carbonyl (C=O) groups is 1. The van der Waals surface area contributed by atoms with Gasteiger partial charge >= 0.3 is 0 Å². The van der Waals surface area contributed by atoms with E-state index in [2.05, 4.69) is 15.9 Å². The SMILES string of the molecule is Cc1c(C(=O)N2CCCC2CO)oc2ccc(Br)cc12. The monoisotopic (exact) mass is 337 g/mol. The maximum Gasteiger partial charge on any atom is 0.290 e. The van der Waals surface area contributed by atoms with Crippen molar-refractivity contribution < 1.29 is 14.3 Å². The van der Waals surface area contributed by atoms with Gasteiger partial charge in [0.2, 0.25) is 0 Å². The van der Waals surface area contributed by atoms with Gasteiger partial charge in [0.05, 0.1) is 12.6 Å².